The predicted molar refractivity (Wildman–Crippen MR) is 97.3 cm³/mol. The average molecular weight is 356 g/mol. The SMILES string of the molecule is Cc1cc(C(=O)Cc2ccc(F)c(CNc3cccnc3N)c2)ns1. The van der Waals surface area contributed by atoms with E-state index in [1.165, 1.54) is 17.6 Å². The molecule has 0 bridgehead atoms. The molecule has 0 radical (unpaired) electrons. The van der Waals surface area contributed by atoms with Crippen molar-refractivity contribution in [3.8, 4) is 0 Å². The number of carbonyl (C=O) groups is 1. The number of aryl methyl sites for hydroxylation is 1. The Hall–Kier alpha value is -2.80. The number of rotatable bonds is 6. The van der Waals surface area contributed by atoms with Crippen molar-refractivity contribution in [2.75, 3.05) is 11.1 Å². The summed E-state index contributed by atoms with van der Waals surface area (Å²) >= 11 is 1.30. The van der Waals surface area contributed by atoms with E-state index >= 15 is 0 Å². The zero-order chi connectivity index (χ0) is 17.8. The van der Waals surface area contributed by atoms with Crippen molar-refractivity contribution in [1.82, 2.24) is 9.36 Å². The lowest BCUT2D eigenvalue weighted by Crippen LogP contribution is -2.08. The lowest BCUT2D eigenvalue weighted by molar-refractivity contribution is 0.0989. The molecule has 128 valence electrons. The summed E-state index contributed by atoms with van der Waals surface area (Å²) in [5, 5.41) is 3.06. The maximum Gasteiger partial charge on any atom is 0.186 e. The van der Waals surface area contributed by atoms with Crippen molar-refractivity contribution in [1.29, 1.82) is 0 Å². The van der Waals surface area contributed by atoms with Crippen molar-refractivity contribution < 1.29 is 9.18 Å². The monoisotopic (exact) mass is 356 g/mol. The predicted octanol–water partition coefficient (Wildman–Crippen LogP) is 3.61. The highest BCUT2D eigenvalue weighted by molar-refractivity contribution is 7.05. The molecular formula is C18H17FN4OS. The second-order valence-corrected chi connectivity index (χ2v) is 6.65. The molecule has 0 aliphatic carbocycles. The van der Waals surface area contributed by atoms with E-state index in [2.05, 4.69) is 14.7 Å². The number of benzene rings is 1. The lowest BCUT2D eigenvalue weighted by atomic mass is 10.0. The van der Waals surface area contributed by atoms with Crippen molar-refractivity contribution in [2.45, 2.75) is 19.9 Å². The number of nitrogens with zero attached hydrogens (tertiary/aromatic N) is 2. The van der Waals surface area contributed by atoms with E-state index in [1.54, 1.807) is 36.5 Å². The van der Waals surface area contributed by atoms with E-state index in [-0.39, 0.29) is 24.6 Å². The van der Waals surface area contributed by atoms with Gasteiger partial charge in [-0.2, -0.15) is 4.37 Å². The summed E-state index contributed by atoms with van der Waals surface area (Å²) in [6.45, 7) is 2.15. The Balaban J connectivity index is 1.72. The molecule has 0 saturated carbocycles. The topological polar surface area (TPSA) is 80.9 Å². The second-order valence-electron chi connectivity index (χ2n) is 5.64. The van der Waals surface area contributed by atoms with Crippen molar-refractivity contribution in [2.24, 2.45) is 0 Å². The fourth-order valence-electron chi connectivity index (χ4n) is 2.40. The normalized spacial score (nSPS) is 10.6. The van der Waals surface area contributed by atoms with Gasteiger partial charge in [0.15, 0.2) is 5.78 Å². The standard InChI is InChI=1S/C18H17FN4OS/c1-11-7-16(23-25-11)17(24)9-12-4-5-14(19)13(8-12)10-22-15-3-2-6-21-18(15)20/h2-8,22H,9-10H2,1H3,(H2,20,21). The van der Waals surface area contributed by atoms with Crippen molar-refractivity contribution >= 4 is 28.8 Å². The number of Topliss-reactive ketones (excluding diaryl/α,β-unsaturated/α-hetero) is 1. The zero-order valence-electron chi connectivity index (χ0n) is 13.6. The number of nitrogens with two attached hydrogens (primary N) is 1. The number of carbonyl (C=O) groups excluding carboxylic acids is 1. The fourth-order valence-corrected chi connectivity index (χ4v) is 2.97. The minimum atomic E-state index is -0.337. The van der Waals surface area contributed by atoms with Gasteiger partial charge in [-0.3, -0.25) is 4.79 Å². The first-order valence-corrected chi connectivity index (χ1v) is 8.48. The van der Waals surface area contributed by atoms with E-state index in [4.69, 9.17) is 5.73 Å². The van der Waals surface area contributed by atoms with Crippen LogP contribution in [0.15, 0.2) is 42.6 Å². The quantitative estimate of drug-likeness (QED) is 0.660. The highest BCUT2D eigenvalue weighted by Crippen LogP contribution is 2.18. The minimum absolute atomic E-state index is 0.0774. The Bertz CT molecular complexity index is 910. The molecule has 2 aromatic heterocycles. The third-order valence-corrected chi connectivity index (χ3v) is 4.39. The van der Waals surface area contributed by atoms with Crippen LogP contribution in [0.2, 0.25) is 0 Å². The van der Waals surface area contributed by atoms with Crippen LogP contribution in [0, 0.1) is 12.7 Å². The van der Waals surface area contributed by atoms with Gasteiger partial charge in [0, 0.05) is 29.6 Å². The molecule has 0 saturated heterocycles. The maximum atomic E-state index is 14.1. The van der Waals surface area contributed by atoms with Gasteiger partial charge in [-0.1, -0.05) is 12.1 Å². The summed E-state index contributed by atoms with van der Waals surface area (Å²) in [5.74, 6) is -0.0600. The fraction of sp³-hybridized carbons (Fsp3) is 0.167. The summed E-state index contributed by atoms with van der Waals surface area (Å²) in [6, 6.07) is 9.97. The number of aromatic nitrogens is 2. The Labute approximate surface area is 148 Å². The van der Waals surface area contributed by atoms with Crippen molar-refractivity contribution in [3.63, 3.8) is 0 Å². The number of anilines is 2. The lowest BCUT2D eigenvalue weighted by Gasteiger charge is -2.10. The summed E-state index contributed by atoms with van der Waals surface area (Å²) in [7, 11) is 0. The highest BCUT2D eigenvalue weighted by Gasteiger charge is 2.12. The van der Waals surface area contributed by atoms with Gasteiger partial charge in [0.1, 0.15) is 17.3 Å². The average Bonchev–Trinajstić information content (AvgIpc) is 3.03. The van der Waals surface area contributed by atoms with Crippen LogP contribution in [0.3, 0.4) is 0 Å². The molecule has 3 N–H and O–H groups in total. The van der Waals surface area contributed by atoms with Crippen LogP contribution in [0.25, 0.3) is 0 Å². The molecule has 0 aliphatic rings. The Morgan fingerprint density at radius 1 is 1.32 bits per heavy atom. The first-order valence-electron chi connectivity index (χ1n) is 7.71. The molecule has 0 spiro atoms. The largest absolute Gasteiger partial charge is 0.382 e. The molecule has 0 amide bonds. The number of nitrogen functional groups attached to an aromatic ring is 1. The molecule has 2 heterocycles. The molecule has 3 rings (SSSR count). The van der Waals surface area contributed by atoms with Crippen LogP contribution in [-0.4, -0.2) is 15.1 Å². The summed E-state index contributed by atoms with van der Waals surface area (Å²) in [4.78, 5) is 17.2. The van der Waals surface area contributed by atoms with Gasteiger partial charge in [0.25, 0.3) is 0 Å². The summed E-state index contributed by atoms with van der Waals surface area (Å²) in [5.41, 5.74) is 8.07. The van der Waals surface area contributed by atoms with Crippen LogP contribution < -0.4 is 11.1 Å². The maximum absolute atomic E-state index is 14.1. The van der Waals surface area contributed by atoms with Gasteiger partial charge in [-0.25, -0.2) is 9.37 Å². The highest BCUT2D eigenvalue weighted by atomic mass is 32.1. The number of halogens is 1. The summed E-state index contributed by atoms with van der Waals surface area (Å²) < 4.78 is 18.2. The van der Waals surface area contributed by atoms with Gasteiger partial charge in [0.2, 0.25) is 0 Å². The van der Waals surface area contributed by atoms with E-state index in [1.807, 2.05) is 6.92 Å². The number of pyridine rings is 1. The van der Waals surface area contributed by atoms with Gasteiger partial charge in [-0.15, -0.1) is 0 Å². The molecule has 0 aliphatic heterocycles. The molecule has 0 atom stereocenters. The number of hydrogen-bond donors (Lipinski definition) is 2. The van der Waals surface area contributed by atoms with Gasteiger partial charge in [0.05, 0.1) is 5.69 Å². The van der Waals surface area contributed by atoms with Crippen LogP contribution in [0.5, 0.6) is 0 Å². The third kappa shape index (κ3) is 4.19. The van der Waals surface area contributed by atoms with Gasteiger partial charge < -0.3 is 11.1 Å². The number of ketones is 1. The van der Waals surface area contributed by atoms with E-state index in [9.17, 15) is 9.18 Å². The number of hydrogen-bond acceptors (Lipinski definition) is 6. The third-order valence-electron chi connectivity index (χ3n) is 3.70. The molecule has 7 heteroatoms. The minimum Gasteiger partial charge on any atom is -0.382 e. The molecule has 0 fully saturated rings. The van der Waals surface area contributed by atoms with E-state index in [0.29, 0.717) is 22.8 Å². The molecule has 1 aromatic carbocycles. The molecular weight excluding hydrogens is 339 g/mol. The zero-order valence-corrected chi connectivity index (χ0v) is 14.4. The Morgan fingerprint density at radius 3 is 2.88 bits per heavy atom. The van der Waals surface area contributed by atoms with Gasteiger partial charge in [-0.05, 0) is 48.3 Å². The second kappa shape index (κ2) is 7.40. The van der Waals surface area contributed by atoms with Crippen LogP contribution in [0.1, 0.15) is 26.5 Å². The van der Waals surface area contributed by atoms with E-state index in [0.717, 1.165) is 10.4 Å². The molecule has 5 nitrogen and oxygen atoms in total. The Kier molecular flexibility index (Phi) is 5.04. The van der Waals surface area contributed by atoms with Gasteiger partial charge >= 0.3 is 0 Å². The molecule has 25 heavy (non-hydrogen) atoms. The smallest absolute Gasteiger partial charge is 0.186 e. The van der Waals surface area contributed by atoms with Crippen LogP contribution in [0.4, 0.5) is 15.9 Å². The first-order chi connectivity index (χ1) is 12.0. The Morgan fingerprint density at radius 2 is 2.16 bits per heavy atom. The first kappa shape index (κ1) is 17.0. The molecule has 0 unspecified atom stereocenters. The molecule has 3 aromatic rings. The van der Waals surface area contributed by atoms with Crippen LogP contribution >= 0.6 is 11.5 Å². The number of nitrogens with one attached hydrogen (secondary N) is 1. The summed E-state index contributed by atoms with van der Waals surface area (Å²) in [6.07, 6.45) is 1.78. The van der Waals surface area contributed by atoms with E-state index < -0.39 is 0 Å². The van der Waals surface area contributed by atoms with Crippen molar-refractivity contribution in [3.05, 3.63) is 70.1 Å². The van der Waals surface area contributed by atoms with Crippen LogP contribution in [-0.2, 0) is 13.0 Å².